The van der Waals surface area contributed by atoms with Gasteiger partial charge in [0.15, 0.2) is 6.23 Å². The van der Waals surface area contributed by atoms with Gasteiger partial charge in [-0.1, -0.05) is 12.1 Å². The molecule has 0 aromatic heterocycles. The summed E-state index contributed by atoms with van der Waals surface area (Å²) in [7, 11) is 1.45. The average molecular weight is 481 g/mol. The molecule has 178 valence electrons. The molecule has 0 radical (unpaired) electrons. The molecule has 1 aliphatic rings. The van der Waals surface area contributed by atoms with E-state index in [1.165, 1.54) is 17.7 Å². The Bertz CT molecular complexity index is 618. The fraction of sp³-hybridized carbons (Fsp3) is 0.714. The first-order chi connectivity index (χ1) is 15.0. The summed E-state index contributed by atoms with van der Waals surface area (Å²) in [5.41, 5.74) is 2.30. The molecule has 1 unspecified atom stereocenters. The number of aryl methyl sites for hydroxylation is 1. The van der Waals surface area contributed by atoms with Gasteiger partial charge >= 0.3 is 0 Å². The Morgan fingerprint density at radius 1 is 0.935 bits per heavy atom. The van der Waals surface area contributed by atoms with Crippen LogP contribution in [0.25, 0.3) is 0 Å². The minimum absolute atomic E-state index is 0.455. The third-order valence-corrected chi connectivity index (χ3v) is 5.83. The van der Waals surface area contributed by atoms with Gasteiger partial charge in [0.05, 0.1) is 13.7 Å². The summed E-state index contributed by atoms with van der Waals surface area (Å²) in [6, 6.07) is 8.33. The van der Waals surface area contributed by atoms with Crippen LogP contribution in [0.1, 0.15) is 18.4 Å². The number of rotatable bonds is 13. The molecular formula is C21H34Cl2N2O6. The highest BCUT2D eigenvalue weighted by atomic mass is 35.5. The fourth-order valence-corrected chi connectivity index (χ4v) is 4.09. The molecule has 5 atom stereocenters. The number of hydrogen-bond donors (Lipinski definition) is 4. The van der Waals surface area contributed by atoms with Crippen molar-refractivity contribution in [2.75, 3.05) is 50.0 Å². The minimum Gasteiger partial charge on any atom is -0.394 e. The second-order valence-electron chi connectivity index (χ2n) is 7.53. The molecule has 31 heavy (non-hydrogen) atoms. The van der Waals surface area contributed by atoms with Gasteiger partial charge in [0.2, 0.25) is 0 Å². The Hall–Kier alpha value is -0.680. The summed E-state index contributed by atoms with van der Waals surface area (Å²) in [4.78, 5) is 7.48. The molecule has 10 heteroatoms. The number of halogens is 2. The van der Waals surface area contributed by atoms with Gasteiger partial charge in [-0.2, -0.15) is 5.06 Å². The Morgan fingerprint density at radius 3 is 2.13 bits per heavy atom. The first kappa shape index (κ1) is 26.6. The molecular weight excluding hydrogens is 447 g/mol. The van der Waals surface area contributed by atoms with Crippen molar-refractivity contribution in [3.63, 3.8) is 0 Å². The summed E-state index contributed by atoms with van der Waals surface area (Å²) >= 11 is 11.7. The van der Waals surface area contributed by atoms with Crippen LogP contribution in [0.15, 0.2) is 24.3 Å². The van der Waals surface area contributed by atoms with Crippen molar-refractivity contribution < 1.29 is 30.0 Å². The molecule has 8 nitrogen and oxygen atoms in total. The third-order valence-electron chi connectivity index (χ3n) is 5.49. The van der Waals surface area contributed by atoms with Crippen molar-refractivity contribution in [1.82, 2.24) is 5.06 Å². The van der Waals surface area contributed by atoms with Gasteiger partial charge < -0.3 is 30.1 Å². The molecule has 0 spiro atoms. The van der Waals surface area contributed by atoms with Crippen molar-refractivity contribution >= 4 is 28.9 Å². The van der Waals surface area contributed by atoms with Crippen LogP contribution in [-0.2, 0) is 16.0 Å². The Balaban J connectivity index is 1.84. The predicted molar refractivity (Wildman–Crippen MR) is 121 cm³/mol. The predicted octanol–water partition coefficient (Wildman–Crippen LogP) is 0.957. The van der Waals surface area contributed by atoms with Gasteiger partial charge in [0.25, 0.3) is 0 Å². The van der Waals surface area contributed by atoms with E-state index in [-0.39, 0.29) is 0 Å². The van der Waals surface area contributed by atoms with Crippen LogP contribution < -0.4 is 4.90 Å². The van der Waals surface area contributed by atoms with E-state index in [1.807, 2.05) is 0 Å². The van der Waals surface area contributed by atoms with Gasteiger partial charge in [-0.15, -0.1) is 23.2 Å². The maximum atomic E-state index is 10.2. The lowest BCUT2D eigenvalue weighted by Gasteiger charge is -2.43. The van der Waals surface area contributed by atoms with E-state index in [4.69, 9.17) is 32.8 Å². The molecule has 1 aromatic carbocycles. The van der Waals surface area contributed by atoms with Gasteiger partial charge in [-0.25, -0.2) is 0 Å². The molecule has 0 saturated carbocycles. The minimum atomic E-state index is -1.43. The van der Waals surface area contributed by atoms with Crippen molar-refractivity contribution in [2.45, 2.75) is 49.9 Å². The summed E-state index contributed by atoms with van der Waals surface area (Å²) in [6.07, 6.45) is -3.59. The molecule has 0 aliphatic carbocycles. The fourth-order valence-electron chi connectivity index (χ4n) is 3.69. The van der Waals surface area contributed by atoms with Crippen molar-refractivity contribution in [2.24, 2.45) is 0 Å². The molecule has 4 N–H and O–H groups in total. The molecule has 1 fully saturated rings. The molecule has 2 rings (SSSR count). The number of aliphatic hydroxyl groups excluding tert-OH is 4. The number of aliphatic hydroxyl groups is 4. The monoisotopic (exact) mass is 480 g/mol. The van der Waals surface area contributed by atoms with Crippen molar-refractivity contribution in [1.29, 1.82) is 0 Å². The number of ether oxygens (including phenoxy) is 1. The van der Waals surface area contributed by atoms with E-state index < -0.39 is 37.3 Å². The maximum absolute atomic E-state index is 10.2. The van der Waals surface area contributed by atoms with Crippen molar-refractivity contribution in [3.05, 3.63) is 29.8 Å². The quantitative estimate of drug-likeness (QED) is 0.188. The van der Waals surface area contributed by atoms with Crippen LogP contribution in [0.4, 0.5) is 5.69 Å². The molecule has 0 amide bonds. The van der Waals surface area contributed by atoms with E-state index >= 15 is 0 Å². The largest absolute Gasteiger partial charge is 0.394 e. The first-order valence-corrected chi connectivity index (χ1v) is 11.6. The second-order valence-corrected chi connectivity index (χ2v) is 8.29. The van der Waals surface area contributed by atoms with Crippen LogP contribution in [0.5, 0.6) is 0 Å². The number of hydrogen-bond acceptors (Lipinski definition) is 8. The van der Waals surface area contributed by atoms with Crippen molar-refractivity contribution in [3.8, 4) is 0 Å². The van der Waals surface area contributed by atoms with E-state index in [9.17, 15) is 20.4 Å². The number of nitrogens with zero attached hydrogens (tertiary/aromatic N) is 2. The lowest BCUT2D eigenvalue weighted by molar-refractivity contribution is -0.328. The highest BCUT2D eigenvalue weighted by Crippen LogP contribution is 2.24. The highest BCUT2D eigenvalue weighted by molar-refractivity contribution is 6.18. The van der Waals surface area contributed by atoms with E-state index in [0.29, 0.717) is 18.3 Å². The first-order valence-electron chi connectivity index (χ1n) is 10.5. The van der Waals surface area contributed by atoms with Gasteiger partial charge in [0.1, 0.15) is 24.4 Å². The lowest BCUT2D eigenvalue weighted by Crippen LogP contribution is -2.63. The maximum Gasteiger partial charge on any atom is 0.162 e. The smallest absolute Gasteiger partial charge is 0.162 e. The van der Waals surface area contributed by atoms with E-state index in [1.54, 1.807) is 0 Å². The summed E-state index contributed by atoms with van der Waals surface area (Å²) < 4.78 is 5.54. The SMILES string of the molecule is CON(CCCCc1ccc(N(CCCl)CCCl)cc1)C1O[C@H](CO)[C@H](O)[C@H](O)[C@H]1O. The Kier molecular flexibility index (Phi) is 11.8. The van der Waals surface area contributed by atoms with Crippen LogP contribution >= 0.6 is 23.2 Å². The standard InChI is InChI=1S/C21H34Cl2N2O6/c1-30-25(21-20(29)19(28)18(27)17(14-26)31-21)11-3-2-4-15-5-7-16(8-6-15)24(12-9-22)13-10-23/h5-8,17-21,26-29H,2-4,9-14H2,1H3/t17-,18+,19+,20-,21?/m1/s1. The number of anilines is 1. The lowest BCUT2D eigenvalue weighted by atomic mass is 9.98. The number of alkyl halides is 2. The zero-order chi connectivity index (χ0) is 22.8. The Labute approximate surface area is 193 Å². The Morgan fingerprint density at radius 2 is 1.58 bits per heavy atom. The number of unbranched alkanes of at least 4 members (excludes halogenated alkanes) is 1. The normalized spacial score (nSPS) is 26.4. The third kappa shape index (κ3) is 7.42. The summed E-state index contributed by atoms with van der Waals surface area (Å²) in [5, 5.41) is 40.9. The van der Waals surface area contributed by atoms with Crippen LogP contribution in [0.3, 0.4) is 0 Å². The summed E-state index contributed by atoms with van der Waals surface area (Å²) in [6.45, 7) is 1.48. The highest BCUT2D eigenvalue weighted by Gasteiger charge is 2.45. The molecule has 0 bridgehead atoms. The average Bonchev–Trinajstić information content (AvgIpc) is 2.79. The van der Waals surface area contributed by atoms with E-state index in [0.717, 1.165) is 38.0 Å². The van der Waals surface area contributed by atoms with Crippen LogP contribution in [0, 0.1) is 0 Å². The van der Waals surface area contributed by atoms with Gasteiger partial charge in [-0.3, -0.25) is 4.84 Å². The van der Waals surface area contributed by atoms with Crippen LogP contribution in [0.2, 0.25) is 0 Å². The molecule has 1 heterocycles. The molecule has 1 aromatic rings. The zero-order valence-electron chi connectivity index (χ0n) is 17.8. The van der Waals surface area contributed by atoms with Gasteiger partial charge in [-0.05, 0) is 37.0 Å². The summed E-state index contributed by atoms with van der Waals surface area (Å²) in [5.74, 6) is 1.09. The number of hydroxylamine groups is 2. The van der Waals surface area contributed by atoms with Crippen LogP contribution in [-0.4, -0.2) is 101 Å². The van der Waals surface area contributed by atoms with Gasteiger partial charge in [0, 0.05) is 37.1 Å². The van der Waals surface area contributed by atoms with E-state index in [2.05, 4.69) is 29.2 Å². The zero-order valence-corrected chi connectivity index (χ0v) is 19.3. The molecule has 1 aliphatic heterocycles. The second kappa shape index (κ2) is 13.8. The number of benzene rings is 1. The topological polar surface area (TPSA) is 106 Å². The molecule has 1 saturated heterocycles.